The fourth-order valence-corrected chi connectivity index (χ4v) is 2.45. The van der Waals surface area contributed by atoms with Gasteiger partial charge in [0.15, 0.2) is 0 Å². The van der Waals surface area contributed by atoms with Crippen LogP contribution in [0.2, 0.25) is 0 Å². The first-order valence-corrected chi connectivity index (χ1v) is 7.64. The number of ether oxygens (including phenoxy) is 1. The van der Waals surface area contributed by atoms with Gasteiger partial charge in [0.2, 0.25) is 0 Å². The van der Waals surface area contributed by atoms with Crippen LogP contribution in [0.15, 0.2) is 54.9 Å². The number of hydrogen-bond acceptors (Lipinski definition) is 4. The molecule has 0 unspecified atom stereocenters. The van der Waals surface area contributed by atoms with E-state index in [2.05, 4.69) is 9.97 Å². The number of anilines is 1. The smallest absolute Gasteiger partial charge is 0.326 e. The van der Waals surface area contributed by atoms with Crippen LogP contribution in [0.1, 0.15) is 17.3 Å². The third-order valence-electron chi connectivity index (χ3n) is 3.57. The SMILES string of the molecule is CCOC(=O)CN(C(=O)c1ccc2nc[nH]c2c1)c1ccccc1.Cl. The van der Waals surface area contributed by atoms with Gasteiger partial charge in [-0.05, 0) is 37.3 Å². The summed E-state index contributed by atoms with van der Waals surface area (Å²) in [6.45, 7) is 1.87. The second kappa shape index (κ2) is 8.30. The fourth-order valence-electron chi connectivity index (χ4n) is 2.45. The molecule has 130 valence electrons. The highest BCUT2D eigenvalue weighted by Gasteiger charge is 2.21. The Labute approximate surface area is 151 Å². The van der Waals surface area contributed by atoms with E-state index in [-0.39, 0.29) is 31.5 Å². The van der Waals surface area contributed by atoms with Gasteiger partial charge in [-0.1, -0.05) is 18.2 Å². The zero-order chi connectivity index (χ0) is 16.9. The number of fused-ring (bicyclic) bond motifs is 1. The first kappa shape index (κ1) is 18.5. The highest BCUT2D eigenvalue weighted by molar-refractivity contribution is 6.09. The summed E-state index contributed by atoms with van der Waals surface area (Å²) in [6, 6.07) is 14.3. The zero-order valence-corrected chi connectivity index (χ0v) is 14.5. The number of nitrogens with zero attached hydrogens (tertiary/aromatic N) is 2. The van der Waals surface area contributed by atoms with E-state index in [0.29, 0.717) is 11.3 Å². The summed E-state index contributed by atoms with van der Waals surface area (Å²) in [5, 5.41) is 0. The molecule has 6 nitrogen and oxygen atoms in total. The van der Waals surface area contributed by atoms with Crippen LogP contribution in [0.5, 0.6) is 0 Å². The van der Waals surface area contributed by atoms with Crippen LogP contribution >= 0.6 is 12.4 Å². The molecule has 3 aromatic rings. The molecule has 1 amide bonds. The molecular formula is C18H18ClN3O3. The number of rotatable bonds is 5. The van der Waals surface area contributed by atoms with Gasteiger partial charge in [-0.3, -0.25) is 14.5 Å². The molecular weight excluding hydrogens is 342 g/mol. The minimum Gasteiger partial charge on any atom is -0.465 e. The molecule has 0 atom stereocenters. The average Bonchev–Trinajstić information content (AvgIpc) is 3.08. The third-order valence-corrected chi connectivity index (χ3v) is 3.57. The topological polar surface area (TPSA) is 75.3 Å². The average molecular weight is 360 g/mol. The molecule has 0 aliphatic carbocycles. The molecule has 0 fully saturated rings. The lowest BCUT2D eigenvalue weighted by atomic mass is 10.1. The van der Waals surface area contributed by atoms with Crippen LogP contribution in [-0.2, 0) is 9.53 Å². The number of amides is 1. The lowest BCUT2D eigenvalue weighted by Crippen LogP contribution is -2.36. The second-order valence-corrected chi connectivity index (χ2v) is 5.17. The van der Waals surface area contributed by atoms with Crippen molar-refractivity contribution in [2.75, 3.05) is 18.1 Å². The number of carbonyl (C=O) groups is 2. The number of aromatic nitrogens is 2. The van der Waals surface area contributed by atoms with Crippen LogP contribution in [0.3, 0.4) is 0 Å². The van der Waals surface area contributed by atoms with E-state index >= 15 is 0 Å². The van der Waals surface area contributed by atoms with Gasteiger partial charge >= 0.3 is 5.97 Å². The number of carbonyl (C=O) groups excluding carboxylic acids is 2. The summed E-state index contributed by atoms with van der Waals surface area (Å²) in [5.74, 6) is -0.719. The van der Waals surface area contributed by atoms with Crippen LogP contribution in [0.4, 0.5) is 5.69 Å². The molecule has 0 saturated carbocycles. The Hall–Kier alpha value is -2.86. The molecule has 0 saturated heterocycles. The van der Waals surface area contributed by atoms with Gasteiger partial charge in [-0.2, -0.15) is 0 Å². The van der Waals surface area contributed by atoms with Gasteiger partial charge in [-0.15, -0.1) is 12.4 Å². The number of imidazole rings is 1. The Bertz CT molecular complexity index is 864. The van der Waals surface area contributed by atoms with E-state index in [0.717, 1.165) is 11.0 Å². The Balaban J connectivity index is 0.00000225. The number of halogens is 1. The highest BCUT2D eigenvalue weighted by atomic mass is 35.5. The largest absolute Gasteiger partial charge is 0.465 e. The minimum atomic E-state index is -0.447. The van der Waals surface area contributed by atoms with E-state index in [1.54, 1.807) is 43.6 Å². The maximum atomic E-state index is 12.9. The van der Waals surface area contributed by atoms with Gasteiger partial charge < -0.3 is 9.72 Å². The van der Waals surface area contributed by atoms with Gasteiger partial charge in [0, 0.05) is 11.3 Å². The molecule has 3 rings (SSSR count). The predicted molar refractivity (Wildman–Crippen MR) is 98.1 cm³/mol. The third kappa shape index (κ3) is 4.16. The normalized spacial score (nSPS) is 10.1. The fraction of sp³-hybridized carbons (Fsp3) is 0.167. The Morgan fingerprint density at radius 1 is 1.16 bits per heavy atom. The molecule has 1 N–H and O–H groups in total. The van der Waals surface area contributed by atoms with Crippen molar-refractivity contribution in [3.8, 4) is 0 Å². The minimum absolute atomic E-state index is 0. The Kier molecular flexibility index (Phi) is 6.14. The maximum Gasteiger partial charge on any atom is 0.326 e. The maximum absolute atomic E-state index is 12.9. The van der Waals surface area contributed by atoms with E-state index in [1.807, 2.05) is 18.2 Å². The molecule has 7 heteroatoms. The predicted octanol–water partition coefficient (Wildman–Crippen LogP) is 3.19. The number of aromatic amines is 1. The first-order chi connectivity index (χ1) is 11.7. The van der Waals surface area contributed by atoms with Crippen molar-refractivity contribution < 1.29 is 14.3 Å². The van der Waals surface area contributed by atoms with Crippen molar-refractivity contribution in [2.45, 2.75) is 6.92 Å². The van der Waals surface area contributed by atoms with Gasteiger partial charge in [0.1, 0.15) is 6.54 Å². The summed E-state index contributed by atoms with van der Waals surface area (Å²) in [7, 11) is 0. The molecule has 0 bridgehead atoms. The van der Waals surface area contributed by atoms with Crippen molar-refractivity contribution in [2.24, 2.45) is 0 Å². The summed E-state index contributed by atoms with van der Waals surface area (Å²) < 4.78 is 4.99. The number of hydrogen-bond donors (Lipinski definition) is 1. The summed E-state index contributed by atoms with van der Waals surface area (Å²) in [6.07, 6.45) is 1.58. The van der Waals surface area contributed by atoms with E-state index in [9.17, 15) is 9.59 Å². The number of H-pyrrole nitrogens is 1. The van der Waals surface area contributed by atoms with Crippen LogP contribution in [-0.4, -0.2) is 35.0 Å². The second-order valence-electron chi connectivity index (χ2n) is 5.17. The molecule has 0 aliphatic heterocycles. The van der Waals surface area contributed by atoms with Crippen LogP contribution in [0, 0.1) is 0 Å². The lowest BCUT2D eigenvalue weighted by molar-refractivity contribution is -0.141. The summed E-state index contributed by atoms with van der Waals surface area (Å²) >= 11 is 0. The number of para-hydroxylation sites is 1. The van der Waals surface area contributed by atoms with E-state index < -0.39 is 5.97 Å². The van der Waals surface area contributed by atoms with Crippen molar-refractivity contribution in [1.29, 1.82) is 0 Å². The quantitative estimate of drug-likeness (QED) is 0.710. The highest BCUT2D eigenvalue weighted by Crippen LogP contribution is 2.19. The number of esters is 1. The van der Waals surface area contributed by atoms with Gasteiger partial charge in [-0.25, -0.2) is 4.98 Å². The first-order valence-electron chi connectivity index (χ1n) is 7.64. The molecule has 25 heavy (non-hydrogen) atoms. The molecule has 0 spiro atoms. The monoisotopic (exact) mass is 359 g/mol. The number of benzene rings is 2. The van der Waals surface area contributed by atoms with Gasteiger partial charge in [0.05, 0.1) is 24.0 Å². The molecule has 0 aliphatic rings. The molecule has 1 aromatic heterocycles. The Morgan fingerprint density at radius 2 is 1.92 bits per heavy atom. The molecule has 1 heterocycles. The zero-order valence-electron chi connectivity index (χ0n) is 13.6. The van der Waals surface area contributed by atoms with Crippen molar-refractivity contribution in [3.05, 3.63) is 60.4 Å². The van der Waals surface area contributed by atoms with E-state index in [4.69, 9.17) is 4.74 Å². The summed E-state index contributed by atoms with van der Waals surface area (Å²) in [5.41, 5.74) is 2.66. The molecule has 0 radical (unpaired) electrons. The van der Waals surface area contributed by atoms with Crippen molar-refractivity contribution in [3.63, 3.8) is 0 Å². The van der Waals surface area contributed by atoms with Crippen LogP contribution < -0.4 is 4.90 Å². The van der Waals surface area contributed by atoms with Crippen LogP contribution in [0.25, 0.3) is 11.0 Å². The van der Waals surface area contributed by atoms with Crippen molar-refractivity contribution in [1.82, 2.24) is 9.97 Å². The number of nitrogens with one attached hydrogen (secondary N) is 1. The van der Waals surface area contributed by atoms with Crippen molar-refractivity contribution >= 4 is 41.0 Å². The van der Waals surface area contributed by atoms with E-state index in [1.165, 1.54) is 4.90 Å². The Morgan fingerprint density at radius 3 is 2.64 bits per heavy atom. The standard InChI is InChI=1S/C18H17N3O3.ClH/c1-2-24-17(22)11-21(14-6-4-3-5-7-14)18(23)13-8-9-15-16(10-13)20-12-19-15;/h3-10,12H,2,11H2,1H3,(H,19,20);1H. The van der Waals surface area contributed by atoms with Gasteiger partial charge in [0.25, 0.3) is 5.91 Å². The lowest BCUT2D eigenvalue weighted by Gasteiger charge is -2.22. The molecule has 2 aromatic carbocycles. The summed E-state index contributed by atoms with van der Waals surface area (Å²) in [4.78, 5) is 33.4.